The van der Waals surface area contributed by atoms with Crippen molar-refractivity contribution in [2.45, 2.75) is 26.8 Å². The summed E-state index contributed by atoms with van der Waals surface area (Å²) in [5.74, 6) is -0.0715. The highest BCUT2D eigenvalue weighted by Gasteiger charge is 2.16. The second-order valence-electron chi connectivity index (χ2n) is 4.95. The lowest BCUT2D eigenvalue weighted by atomic mass is 10.1. The molecule has 0 bridgehead atoms. The number of carboxylic acid groups (broad SMARTS) is 1. The third-order valence-electron chi connectivity index (χ3n) is 3.71. The molecule has 3 rings (SSSR count). The quantitative estimate of drug-likeness (QED) is 0.799. The van der Waals surface area contributed by atoms with Crippen LogP contribution >= 0.6 is 11.3 Å². The molecule has 2 heterocycles. The summed E-state index contributed by atoms with van der Waals surface area (Å²) in [4.78, 5) is 17.2. The molecular weight excluding hydrogens is 284 g/mol. The van der Waals surface area contributed by atoms with Gasteiger partial charge in [0.2, 0.25) is 0 Å². The maximum atomic E-state index is 11.5. The van der Waals surface area contributed by atoms with E-state index in [0.717, 1.165) is 17.8 Å². The van der Waals surface area contributed by atoms with E-state index in [0.29, 0.717) is 17.6 Å². The van der Waals surface area contributed by atoms with Crippen LogP contribution in [-0.2, 0) is 13.0 Å². The number of fused-ring (bicyclic) bond motifs is 1. The van der Waals surface area contributed by atoms with Gasteiger partial charge in [-0.3, -0.25) is 0 Å². The lowest BCUT2D eigenvalue weighted by molar-refractivity contribution is 0.0698. The van der Waals surface area contributed by atoms with Crippen LogP contribution in [0.5, 0.6) is 0 Å². The maximum Gasteiger partial charge on any atom is 0.337 e. The Morgan fingerprint density at radius 1 is 1.38 bits per heavy atom. The monoisotopic (exact) mass is 300 g/mol. The summed E-state index contributed by atoms with van der Waals surface area (Å²) in [5, 5.41) is 11.5. The van der Waals surface area contributed by atoms with Crippen molar-refractivity contribution in [2.75, 3.05) is 0 Å². The number of aromatic carboxylic acids is 1. The smallest absolute Gasteiger partial charge is 0.337 e. The van der Waals surface area contributed by atoms with Gasteiger partial charge in [-0.2, -0.15) is 0 Å². The fourth-order valence-electron chi connectivity index (χ4n) is 2.63. The van der Waals surface area contributed by atoms with E-state index < -0.39 is 5.97 Å². The Labute approximate surface area is 126 Å². The van der Waals surface area contributed by atoms with Crippen LogP contribution in [-0.4, -0.2) is 20.6 Å². The molecule has 0 unspecified atom stereocenters. The van der Waals surface area contributed by atoms with Gasteiger partial charge in [-0.15, -0.1) is 11.3 Å². The number of hydrogen-bond acceptors (Lipinski definition) is 3. The number of thiophene rings is 1. The molecule has 0 fully saturated rings. The average molecular weight is 300 g/mol. The van der Waals surface area contributed by atoms with Gasteiger partial charge >= 0.3 is 5.97 Å². The molecule has 1 aromatic carbocycles. The van der Waals surface area contributed by atoms with Crippen LogP contribution in [0.4, 0.5) is 0 Å². The Morgan fingerprint density at radius 2 is 2.19 bits per heavy atom. The third kappa shape index (κ3) is 2.34. The SMILES string of the molecule is CCc1ccsc1Cn1c(C)nc2cccc(C(=O)O)c21. The molecule has 108 valence electrons. The standard InChI is InChI=1S/C16H16N2O2S/c1-3-11-7-8-21-14(11)9-18-10(2)17-13-6-4-5-12(15(13)18)16(19)20/h4-8H,3,9H2,1-2H3,(H,19,20). The average Bonchev–Trinajstić information content (AvgIpc) is 3.03. The van der Waals surface area contributed by atoms with Gasteiger partial charge in [-0.1, -0.05) is 13.0 Å². The molecule has 3 aromatic rings. The minimum atomic E-state index is -0.913. The zero-order valence-corrected chi connectivity index (χ0v) is 12.8. The second kappa shape index (κ2) is 5.33. The molecule has 0 aliphatic heterocycles. The van der Waals surface area contributed by atoms with Crippen molar-refractivity contribution in [1.29, 1.82) is 0 Å². The highest BCUT2D eigenvalue weighted by molar-refractivity contribution is 7.10. The Bertz CT molecular complexity index is 817. The molecule has 1 N–H and O–H groups in total. The maximum absolute atomic E-state index is 11.5. The second-order valence-corrected chi connectivity index (χ2v) is 5.95. The number of carbonyl (C=O) groups is 1. The minimum Gasteiger partial charge on any atom is -0.478 e. The first-order valence-electron chi connectivity index (χ1n) is 6.86. The molecule has 0 atom stereocenters. The van der Waals surface area contributed by atoms with E-state index in [4.69, 9.17) is 0 Å². The summed E-state index contributed by atoms with van der Waals surface area (Å²) in [5.41, 5.74) is 3.07. The van der Waals surface area contributed by atoms with Crippen LogP contribution in [0, 0.1) is 6.92 Å². The summed E-state index contributed by atoms with van der Waals surface area (Å²) in [6, 6.07) is 7.37. The summed E-state index contributed by atoms with van der Waals surface area (Å²) < 4.78 is 2.00. The van der Waals surface area contributed by atoms with Crippen molar-refractivity contribution in [3.8, 4) is 0 Å². The molecule has 5 heteroatoms. The van der Waals surface area contributed by atoms with Gasteiger partial charge in [0.25, 0.3) is 0 Å². The highest BCUT2D eigenvalue weighted by Crippen LogP contribution is 2.25. The van der Waals surface area contributed by atoms with E-state index >= 15 is 0 Å². The van der Waals surface area contributed by atoms with Crippen molar-refractivity contribution in [3.63, 3.8) is 0 Å². The van der Waals surface area contributed by atoms with Crippen molar-refractivity contribution in [3.05, 3.63) is 51.5 Å². The first-order chi connectivity index (χ1) is 10.1. The Hall–Kier alpha value is -2.14. The van der Waals surface area contributed by atoms with Crippen LogP contribution in [0.3, 0.4) is 0 Å². The summed E-state index contributed by atoms with van der Waals surface area (Å²) in [6.45, 7) is 4.73. The molecule has 21 heavy (non-hydrogen) atoms. The van der Waals surface area contributed by atoms with Gasteiger partial charge in [0.15, 0.2) is 0 Å². The Balaban J connectivity index is 2.18. The zero-order valence-electron chi connectivity index (χ0n) is 12.0. The lowest BCUT2D eigenvalue weighted by Gasteiger charge is -2.09. The number of aromatic nitrogens is 2. The first kappa shape index (κ1) is 13.8. The van der Waals surface area contributed by atoms with Crippen LogP contribution in [0.2, 0.25) is 0 Å². The lowest BCUT2D eigenvalue weighted by Crippen LogP contribution is -2.06. The molecule has 0 saturated heterocycles. The number of nitrogens with zero attached hydrogens (tertiary/aromatic N) is 2. The van der Waals surface area contributed by atoms with E-state index in [-0.39, 0.29) is 0 Å². The van der Waals surface area contributed by atoms with E-state index in [1.54, 1.807) is 23.5 Å². The summed E-state index contributed by atoms with van der Waals surface area (Å²) in [7, 11) is 0. The van der Waals surface area contributed by atoms with E-state index in [2.05, 4.69) is 23.4 Å². The number of benzene rings is 1. The van der Waals surface area contributed by atoms with Gasteiger partial charge < -0.3 is 9.67 Å². The molecule has 0 aliphatic carbocycles. The molecule has 0 radical (unpaired) electrons. The zero-order chi connectivity index (χ0) is 15.0. The van der Waals surface area contributed by atoms with Crippen molar-refractivity contribution < 1.29 is 9.90 Å². The molecule has 0 spiro atoms. The fourth-order valence-corrected chi connectivity index (χ4v) is 3.60. The Kier molecular flexibility index (Phi) is 3.51. The largest absolute Gasteiger partial charge is 0.478 e. The summed E-state index contributed by atoms with van der Waals surface area (Å²) >= 11 is 1.71. The Morgan fingerprint density at radius 3 is 2.90 bits per heavy atom. The molecule has 0 aliphatic rings. The predicted octanol–water partition coefficient (Wildman–Crippen LogP) is 3.72. The van der Waals surface area contributed by atoms with Gasteiger partial charge in [0, 0.05) is 4.88 Å². The van der Waals surface area contributed by atoms with Gasteiger partial charge in [-0.05, 0) is 42.5 Å². The highest BCUT2D eigenvalue weighted by atomic mass is 32.1. The van der Waals surface area contributed by atoms with Crippen molar-refractivity contribution in [2.24, 2.45) is 0 Å². The first-order valence-corrected chi connectivity index (χ1v) is 7.74. The van der Waals surface area contributed by atoms with Gasteiger partial charge in [0.1, 0.15) is 5.82 Å². The molecule has 0 saturated carbocycles. The molecule has 0 amide bonds. The van der Waals surface area contributed by atoms with Crippen molar-refractivity contribution in [1.82, 2.24) is 9.55 Å². The van der Waals surface area contributed by atoms with Crippen molar-refractivity contribution >= 4 is 28.3 Å². The van der Waals surface area contributed by atoms with Gasteiger partial charge in [0.05, 0.1) is 23.1 Å². The summed E-state index contributed by atoms with van der Waals surface area (Å²) in [6.07, 6.45) is 0.982. The van der Waals surface area contributed by atoms with Crippen LogP contribution in [0.25, 0.3) is 11.0 Å². The number of para-hydroxylation sites is 1. The van der Waals surface area contributed by atoms with Gasteiger partial charge in [-0.25, -0.2) is 9.78 Å². The van der Waals surface area contributed by atoms with E-state index in [1.165, 1.54) is 10.4 Å². The molecular formula is C16H16N2O2S. The van der Waals surface area contributed by atoms with Crippen LogP contribution in [0.1, 0.15) is 33.5 Å². The number of carboxylic acids is 1. The normalized spacial score (nSPS) is 11.1. The topological polar surface area (TPSA) is 55.1 Å². The predicted molar refractivity (Wildman–Crippen MR) is 84.2 cm³/mol. The van der Waals surface area contributed by atoms with E-state index in [9.17, 15) is 9.90 Å². The number of rotatable bonds is 4. The third-order valence-corrected chi connectivity index (χ3v) is 4.66. The fraction of sp³-hybridized carbons (Fsp3) is 0.250. The molecule has 2 aromatic heterocycles. The molecule has 4 nitrogen and oxygen atoms in total. The van der Waals surface area contributed by atoms with Crippen LogP contribution < -0.4 is 0 Å². The number of hydrogen-bond donors (Lipinski definition) is 1. The number of imidazole rings is 1. The minimum absolute atomic E-state index is 0.308. The number of aryl methyl sites for hydroxylation is 2. The van der Waals surface area contributed by atoms with E-state index in [1.807, 2.05) is 17.6 Å². The van der Waals surface area contributed by atoms with Crippen LogP contribution in [0.15, 0.2) is 29.6 Å².